The number of aromatic nitrogens is 3. The maximum absolute atomic E-state index is 11.1. The van der Waals surface area contributed by atoms with Crippen LogP contribution in [0.25, 0.3) is 11.3 Å². The van der Waals surface area contributed by atoms with E-state index in [-0.39, 0.29) is 11.5 Å². The molecular weight excluding hydrogens is 302 g/mol. The molecule has 1 aliphatic carbocycles. The van der Waals surface area contributed by atoms with Crippen LogP contribution in [0.1, 0.15) is 31.7 Å². The Morgan fingerprint density at radius 2 is 2.08 bits per heavy atom. The number of allylic oxidation sites excluding steroid dienone is 1. The number of benzene rings is 1. The molecule has 1 aromatic heterocycles. The van der Waals surface area contributed by atoms with Gasteiger partial charge in [0.1, 0.15) is 5.69 Å². The predicted molar refractivity (Wildman–Crippen MR) is 91.4 cm³/mol. The first-order valence-corrected chi connectivity index (χ1v) is 8.67. The second kappa shape index (κ2) is 6.49. The number of hydrogen-bond donors (Lipinski definition) is 1. The maximum atomic E-state index is 11.1. The van der Waals surface area contributed by atoms with Crippen LogP contribution in [0.15, 0.2) is 48.7 Å². The molecule has 1 spiro atoms. The fourth-order valence-corrected chi connectivity index (χ4v) is 3.99. The van der Waals surface area contributed by atoms with E-state index in [1.807, 2.05) is 47.3 Å². The molecule has 3 atom stereocenters. The van der Waals surface area contributed by atoms with Crippen LogP contribution in [0.2, 0.25) is 0 Å². The summed E-state index contributed by atoms with van der Waals surface area (Å²) in [6.45, 7) is 1.25. The third-order valence-corrected chi connectivity index (χ3v) is 5.38. The van der Waals surface area contributed by atoms with Gasteiger partial charge in [-0.3, -0.25) is 0 Å². The summed E-state index contributed by atoms with van der Waals surface area (Å²) in [5, 5.41) is 19.7. The SMILES string of the molecule is O[C@@H]1[C@@H](n2cc(-c3ccccc3)nn2)CCC[C@@]12CC=CCOC2. The molecule has 4 rings (SSSR count). The molecule has 126 valence electrons. The third kappa shape index (κ3) is 2.78. The first-order valence-electron chi connectivity index (χ1n) is 8.67. The summed E-state index contributed by atoms with van der Waals surface area (Å²) < 4.78 is 7.57. The van der Waals surface area contributed by atoms with Gasteiger partial charge in [-0.05, 0) is 19.3 Å². The fraction of sp³-hybridized carbons (Fsp3) is 0.474. The minimum atomic E-state index is -0.473. The molecule has 0 unspecified atom stereocenters. The largest absolute Gasteiger partial charge is 0.390 e. The lowest BCUT2D eigenvalue weighted by Crippen LogP contribution is -2.47. The van der Waals surface area contributed by atoms with Gasteiger partial charge in [-0.2, -0.15) is 0 Å². The summed E-state index contributed by atoms with van der Waals surface area (Å²) >= 11 is 0. The molecule has 24 heavy (non-hydrogen) atoms. The molecule has 2 aliphatic rings. The van der Waals surface area contributed by atoms with E-state index < -0.39 is 6.10 Å². The average molecular weight is 325 g/mol. The Bertz CT molecular complexity index is 712. The Morgan fingerprint density at radius 3 is 2.96 bits per heavy atom. The molecule has 1 fully saturated rings. The van der Waals surface area contributed by atoms with Crippen molar-refractivity contribution in [3.05, 3.63) is 48.7 Å². The van der Waals surface area contributed by atoms with Crippen LogP contribution in [-0.4, -0.2) is 39.4 Å². The summed E-state index contributed by atoms with van der Waals surface area (Å²) in [5.41, 5.74) is 1.69. The van der Waals surface area contributed by atoms with Crippen molar-refractivity contribution in [3.63, 3.8) is 0 Å². The van der Waals surface area contributed by atoms with E-state index in [9.17, 15) is 5.11 Å². The van der Waals surface area contributed by atoms with E-state index in [1.54, 1.807) is 0 Å². The van der Waals surface area contributed by atoms with Crippen molar-refractivity contribution in [2.45, 2.75) is 37.8 Å². The molecule has 5 nitrogen and oxygen atoms in total. The molecule has 1 aliphatic heterocycles. The molecular formula is C19H23N3O2. The molecule has 1 saturated carbocycles. The van der Waals surface area contributed by atoms with Gasteiger partial charge in [-0.25, -0.2) is 4.68 Å². The van der Waals surface area contributed by atoms with Gasteiger partial charge in [-0.15, -0.1) is 5.10 Å². The lowest BCUT2D eigenvalue weighted by Gasteiger charge is -2.44. The second-order valence-corrected chi connectivity index (χ2v) is 6.91. The summed E-state index contributed by atoms with van der Waals surface area (Å²) in [6, 6.07) is 9.98. The van der Waals surface area contributed by atoms with E-state index in [4.69, 9.17) is 4.74 Å². The Labute approximate surface area is 142 Å². The third-order valence-electron chi connectivity index (χ3n) is 5.38. The van der Waals surface area contributed by atoms with E-state index in [0.29, 0.717) is 13.2 Å². The molecule has 0 saturated heterocycles. The van der Waals surface area contributed by atoms with Crippen molar-refractivity contribution in [2.75, 3.05) is 13.2 Å². The zero-order chi connectivity index (χ0) is 16.4. The normalized spacial score (nSPS) is 30.4. The van der Waals surface area contributed by atoms with Gasteiger partial charge < -0.3 is 9.84 Å². The Hall–Kier alpha value is -1.98. The molecule has 2 aromatic rings. The highest BCUT2D eigenvalue weighted by Crippen LogP contribution is 2.45. The number of rotatable bonds is 2. The molecule has 1 aromatic carbocycles. The first-order chi connectivity index (χ1) is 11.8. The Balaban J connectivity index is 1.60. The number of nitrogens with zero attached hydrogens (tertiary/aromatic N) is 3. The van der Waals surface area contributed by atoms with Gasteiger partial charge in [-0.1, -0.05) is 54.1 Å². The minimum absolute atomic E-state index is 0.0428. The van der Waals surface area contributed by atoms with Crippen molar-refractivity contribution >= 4 is 0 Å². The van der Waals surface area contributed by atoms with E-state index in [2.05, 4.69) is 16.4 Å². The van der Waals surface area contributed by atoms with E-state index in [1.165, 1.54) is 0 Å². The summed E-state index contributed by atoms with van der Waals surface area (Å²) in [5.74, 6) is 0. The van der Waals surface area contributed by atoms with Gasteiger partial charge in [0, 0.05) is 11.0 Å². The van der Waals surface area contributed by atoms with Gasteiger partial charge in [0.05, 0.1) is 31.6 Å². The van der Waals surface area contributed by atoms with Crippen molar-refractivity contribution < 1.29 is 9.84 Å². The van der Waals surface area contributed by atoms with Gasteiger partial charge >= 0.3 is 0 Å². The van der Waals surface area contributed by atoms with E-state index in [0.717, 1.165) is 36.9 Å². The monoisotopic (exact) mass is 325 g/mol. The summed E-state index contributed by atoms with van der Waals surface area (Å²) in [4.78, 5) is 0. The smallest absolute Gasteiger partial charge is 0.113 e. The first kappa shape index (κ1) is 15.5. The summed E-state index contributed by atoms with van der Waals surface area (Å²) in [6.07, 6.45) is 9.53. The van der Waals surface area contributed by atoms with Crippen molar-refractivity contribution in [3.8, 4) is 11.3 Å². The molecule has 1 N–H and O–H groups in total. The average Bonchev–Trinajstić information content (AvgIpc) is 2.99. The lowest BCUT2D eigenvalue weighted by molar-refractivity contribution is -0.0875. The predicted octanol–water partition coefficient (Wildman–Crippen LogP) is 2.99. The van der Waals surface area contributed by atoms with Gasteiger partial charge in [0.2, 0.25) is 0 Å². The zero-order valence-electron chi connectivity index (χ0n) is 13.7. The van der Waals surface area contributed by atoms with E-state index >= 15 is 0 Å². The highest BCUT2D eigenvalue weighted by molar-refractivity contribution is 5.57. The molecule has 5 heteroatoms. The molecule has 2 heterocycles. The Kier molecular flexibility index (Phi) is 4.21. The van der Waals surface area contributed by atoms with Crippen molar-refractivity contribution in [1.29, 1.82) is 0 Å². The summed E-state index contributed by atoms with van der Waals surface area (Å²) in [7, 11) is 0. The molecule has 0 radical (unpaired) electrons. The van der Waals surface area contributed by atoms with Crippen LogP contribution >= 0.6 is 0 Å². The number of ether oxygens (including phenoxy) is 1. The second-order valence-electron chi connectivity index (χ2n) is 6.91. The van der Waals surface area contributed by atoms with Crippen LogP contribution < -0.4 is 0 Å². The fourth-order valence-electron chi connectivity index (χ4n) is 3.99. The quantitative estimate of drug-likeness (QED) is 0.862. The number of hydrogen-bond acceptors (Lipinski definition) is 4. The number of aliphatic hydroxyl groups is 1. The standard InChI is InChI=1S/C19H23N3O2/c23-18-17(9-6-11-19(18)10-4-5-12-24-14-19)22-13-16(20-21-22)15-7-2-1-3-8-15/h1-5,7-8,13,17-18,23H,6,9-12,14H2/t17-,18+,19+/m0/s1. The number of aliphatic hydroxyl groups excluding tert-OH is 1. The van der Waals surface area contributed by atoms with Gasteiger partial charge in [0.15, 0.2) is 0 Å². The van der Waals surface area contributed by atoms with Crippen LogP contribution in [0.3, 0.4) is 0 Å². The lowest BCUT2D eigenvalue weighted by atomic mass is 9.68. The van der Waals surface area contributed by atoms with Crippen LogP contribution in [0, 0.1) is 5.41 Å². The zero-order valence-corrected chi connectivity index (χ0v) is 13.7. The van der Waals surface area contributed by atoms with Gasteiger partial charge in [0.25, 0.3) is 0 Å². The van der Waals surface area contributed by atoms with Crippen LogP contribution in [0.4, 0.5) is 0 Å². The van der Waals surface area contributed by atoms with Crippen molar-refractivity contribution in [2.24, 2.45) is 5.41 Å². The Morgan fingerprint density at radius 1 is 1.21 bits per heavy atom. The van der Waals surface area contributed by atoms with Crippen molar-refractivity contribution in [1.82, 2.24) is 15.0 Å². The molecule has 0 bridgehead atoms. The van der Waals surface area contributed by atoms with Crippen LogP contribution in [-0.2, 0) is 4.74 Å². The highest BCUT2D eigenvalue weighted by Gasteiger charge is 2.45. The topological polar surface area (TPSA) is 60.2 Å². The minimum Gasteiger partial charge on any atom is -0.390 e. The maximum Gasteiger partial charge on any atom is 0.113 e. The highest BCUT2D eigenvalue weighted by atomic mass is 16.5. The van der Waals surface area contributed by atoms with Crippen LogP contribution in [0.5, 0.6) is 0 Å². The molecule has 0 amide bonds.